The van der Waals surface area contributed by atoms with Crippen LogP contribution < -0.4 is 0 Å². The molecule has 0 spiro atoms. The van der Waals surface area contributed by atoms with E-state index in [1.54, 1.807) is 0 Å². The maximum atomic E-state index is 13.0. The molecular formula is C9H4F4O3. The van der Waals surface area contributed by atoms with Crippen LogP contribution >= 0.6 is 0 Å². The number of ketones is 1. The van der Waals surface area contributed by atoms with E-state index in [0.29, 0.717) is 6.92 Å². The first-order valence-electron chi connectivity index (χ1n) is 3.89. The van der Waals surface area contributed by atoms with Crippen LogP contribution in [-0.4, -0.2) is 16.9 Å². The van der Waals surface area contributed by atoms with E-state index in [1.165, 1.54) is 0 Å². The monoisotopic (exact) mass is 236 g/mol. The van der Waals surface area contributed by atoms with Crippen molar-refractivity contribution in [3.63, 3.8) is 0 Å². The molecule has 3 nitrogen and oxygen atoms in total. The molecule has 1 N–H and O–H groups in total. The molecule has 1 rings (SSSR count). The van der Waals surface area contributed by atoms with Crippen LogP contribution in [0.15, 0.2) is 0 Å². The van der Waals surface area contributed by atoms with Crippen LogP contribution in [0.5, 0.6) is 0 Å². The first-order chi connectivity index (χ1) is 7.29. The summed E-state index contributed by atoms with van der Waals surface area (Å²) in [4.78, 5) is 21.0. The van der Waals surface area contributed by atoms with E-state index in [1.807, 2.05) is 0 Å². The highest BCUT2D eigenvalue weighted by atomic mass is 19.2. The summed E-state index contributed by atoms with van der Waals surface area (Å²) in [6, 6.07) is 0. The highest BCUT2D eigenvalue weighted by molar-refractivity contribution is 5.96. The third-order valence-electron chi connectivity index (χ3n) is 1.83. The average Bonchev–Trinajstić information content (AvgIpc) is 2.14. The molecular weight excluding hydrogens is 232 g/mol. The van der Waals surface area contributed by atoms with Crippen molar-refractivity contribution in [1.29, 1.82) is 0 Å². The quantitative estimate of drug-likeness (QED) is 0.486. The molecule has 0 aliphatic carbocycles. The first-order valence-corrected chi connectivity index (χ1v) is 3.89. The minimum Gasteiger partial charge on any atom is -0.477 e. The minimum atomic E-state index is -2.16. The predicted molar refractivity (Wildman–Crippen MR) is 43.2 cm³/mol. The molecule has 7 heteroatoms. The number of carbonyl (C=O) groups excluding carboxylic acids is 1. The SMILES string of the molecule is CC(=O)c1c(F)c(F)c(C(=O)O)c(F)c1F. The van der Waals surface area contributed by atoms with Crippen molar-refractivity contribution < 1.29 is 32.3 Å². The van der Waals surface area contributed by atoms with Crippen LogP contribution in [0.2, 0.25) is 0 Å². The number of carboxylic acids is 1. The summed E-state index contributed by atoms with van der Waals surface area (Å²) in [5, 5.41) is 8.33. The van der Waals surface area contributed by atoms with Crippen molar-refractivity contribution in [3.8, 4) is 0 Å². The van der Waals surface area contributed by atoms with Gasteiger partial charge in [-0.2, -0.15) is 0 Å². The fourth-order valence-electron chi connectivity index (χ4n) is 1.13. The molecule has 0 radical (unpaired) electrons. The number of Topliss-reactive ketones (excluding diaryl/α,β-unsaturated/α-hetero) is 1. The van der Waals surface area contributed by atoms with Gasteiger partial charge in [0.1, 0.15) is 5.56 Å². The molecule has 0 bridgehead atoms. The van der Waals surface area contributed by atoms with Gasteiger partial charge in [0, 0.05) is 0 Å². The maximum Gasteiger partial charge on any atom is 0.341 e. The molecule has 0 unspecified atom stereocenters. The van der Waals surface area contributed by atoms with E-state index in [0.717, 1.165) is 0 Å². The van der Waals surface area contributed by atoms with Gasteiger partial charge in [-0.1, -0.05) is 0 Å². The Morgan fingerprint density at radius 2 is 1.19 bits per heavy atom. The van der Waals surface area contributed by atoms with Crippen molar-refractivity contribution in [3.05, 3.63) is 34.4 Å². The molecule has 0 aliphatic heterocycles. The van der Waals surface area contributed by atoms with E-state index in [4.69, 9.17) is 5.11 Å². The largest absolute Gasteiger partial charge is 0.477 e. The van der Waals surface area contributed by atoms with Gasteiger partial charge in [-0.05, 0) is 6.92 Å². The second-order valence-corrected chi connectivity index (χ2v) is 2.87. The van der Waals surface area contributed by atoms with Gasteiger partial charge in [0.2, 0.25) is 0 Å². The Labute approximate surface area is 86.3 Å². The second kappa shape index (κ2) is 3.92. The number of aromatic carboxylic acids is 1. The van der Waals surface area contributed by atoms with Crippen LogP contribution in [0.3, 0.4) is 0 Å². The molecule has 0 fully saturated rings. The van der Waals surface area contributed by atoms with E-state index in [9.17, 15) is 27.2 Å². The Morgan fingerprint density at radius 3 is 1.44 bits per heavy atom. The van der Waals surface area contributed by atoms with E-state index in [2.05, 4.69) is 0 Å². The van der Waals surface area contributed by atoms with Gasteiger partial charge >= 0.3 is 5.97 Å². The zero-order valence-electron chi connectivity index (χ0n) is 7.78. The zero-order chi connectivity index (χ0) is 12.6. The number of hydrogen-bond acceptors (Lipinski definition) is 2. The summed E-state index contributed by atoms with van der Waals surface area (Å²) in [5.74, 6) is -11.6. The van der Waals surface area contributed by atoms with Gasteiger partial charge in [-0.3, -0.25) is 4.79 Å². The average molecular weight is 236 g/mol. The minimum absolute atomic E-state index is 0.695. The van der Waals surface area contributed by atoms with Crippen molar-refractivity contribution in [2.24, 2.45) is 0 Å². The second-order valence-electron chi connectivity index (χ2n) is 2.87. The van der Waals surface area contributed by atoms with Crippen molar-refractivity contribution in [2.45, 2.75) is 6.92 Å². The van der Waals surface area contributed by atoms with Gasteiger partial charge in [0.25, 0.3) is 0 Å². The Balaban J connectivity index is 3.77. The van der Waals surface area contributed by atoms with E-state index >= 15 is 0 Å². The molecule has 0 aromatic heterocycles. The number of rotatable bonds is 2. The van der Waals surface area contributed by atoms with Crippen LogP contribution in [-0.2, 0) is 0 Å². The van der Waals surface area contributed by atoms with Crippen molar-refractivity contribution in [1.82, 2.24) is 0 Å². The van der Waals surface area contributed by atoms with Gasteiger partial charge in [-0.25, -0.2) is 22.4 Å². The Hall–Kier alpha value is -1.92. The zero-order valence-corrected chi connectivity index (χ0v) is 7.78. The molecule has 0 atom stereocenters. The van der Waals surface area contributed by atoms with E-state index < -0.39 is 46.1 Å². The van der Waals surface area contributed by atoms with Gasteiger partial charge in [0.15, 0.2) is 29.1 Å². The van der Waals surface area contributed by atoms with E-state index in [-0.39, 0.29) is 0 Å². The topological polar surface area (TPSA) is 54.4 Å². The summed E-state index contributed by atoms with van der Waals surface area (Å²) in [7, 11) is 0. The molecule has 0 saturated heterocycles. The van der Waals surface area contributed by atoms with Gasteiger partial charge in [0.05, 0.1) is 5.56 Å². The third kappa shape index (κ3) is 1.64. The lowest BCUT2D eigenvalue weighted by atomic mass is 10.1. The summed E-state index contributed by atoms with van der Waals surface area (Å²) in [6.45, 7) is 0.695. The lowest BCUT2D eigenvalue weighted by molar-refractivity contribution is 0.0682. The van der Waals surface area contributed by atoms with Crippen LogP contribution in [0.25, 0.3) is 0 Å². The van der Waals surface area contributed by atoms with Gasteiger partial charge < -0.3 is 5.11 Å². The van der Waals surface area contributed by atoms with Crippen molar-refractivity contribution >= 4 is 11.8 Å². The van der Waals surface area contributed by atoms with Crippen molar-refractivity contribution in [2.75, 3.05) is 0 Å². The highest BCUT2D eigenvalue weighted by Crippen LogP contribution is 2.24. The van der Waals surface area contributed by atoms with Gasteiger partial charge in [-0.15, -0.1) is 0 Å². The lowest BCUT2D eigenvalue weighted by Gasteiger charge is -2.06. The number of hydrogen-bond donors (Lipinski definition) is 1. The number of carboxylic acid groups (broad SMARTS) is 1. The van der Waals surface area contributed by atoms with Crippen LogP contribution in [0.4, 0.5) is 17.6 Å². The molecule has 86 valence electrons. The molecule has 1 aromatic rings. The number of halogens is 4. The van der Waals surface area contributed by atoms with Crippen LogP contribution in [0.1, 0.15) is 27.6 Å². The standard InChI is InChI=1S/C9H4F4O3/c1-2(14)3-5(10)7(12)4(9(15)16)8(13)6(3)11/h1H3,(H,15,16). The summed E-state index contributed by atoms with van der Waals surface area (Å²) >= 11 is 0. The summed E-state index contributed by atoms with van der Waals surface area (Å²) in [5.41, 5.74) is -3.19. The molecule has 0 aliphatic rings. The molecule has 16 heavy (non-hydrogen) atoms. The summed E-state index contributed by atoms with van der Waals surface area (Å²) < 4.78 is 52.1. The van der Waals surface area contributed by atoms with Crippen LogP contribution in [0, 0.1) is 23.3 Å². The highest BCUT2D eigenvalue weighted by Gasteiger charge is 2.30. The maximum absolute atomic E-state index is 13.0. The Morgan fingerprint density at radius 1 is 0.875 bits per heavy atom. The molecule has 1 aromatic carbocycles. The Bertz CT molecular complexity index is 422. The third-order valence-corrected chi connectivity index (χ3v) is 1.83. The molecule has 0 heterocycles. The first kappa shape index (κ1) is 12.2. The number of benzene rings is 1. The predicted octanol–water partition coefficient (Wildman–Crippen LogP) is 2.14. The fraction of sp³-hybridized carbons (Fsp3) is 0.111. The smallest absolute Gasteiger partial charge is 0.341 e. The number of carbonyl (C=O) groups is 2. The molecule has 0 saturated carbocycles. The lowest BCUT2D eigenvalue weighted by Crippen LogP contribution is -2.15. The summed E-state index contributed by atoms with van der Waals surface area (Å²) in [6.07, 6.45) is 0. The fourth-order valence-corrected chi connectivity index (χ4v) is 1.13. The Kier molecular flexibility index (Phi) is 2.97. The normalized spacial score (nSPS) is 10.3. The molecule has 0 amide bonds.